The Morgan fingerprint density at radius 3 is 2.93 bits per heavy atom. The van der Waals surface area contributed by atoms with Gasteiger partial charge < -0.3 is 10.4 Å². The summed E-state index contributed by atoms with van der Waals surface area (Å²) in [6.07, 6.45) is 2.34. The molecule has 0 aliphatic heterocycles. The first-order valence-electron chi connectivity index (χ1n) is 9.00. The molecule has 29 heavy (non-hydrogen) atoms. The van der Waals surface area contributed by atoms with E-state index in [0.29, 0.717) is 22.6 Å². The Hall–Kier alpha value is -3.26. The number of halogens is 2. The molecule has 1 aromatic carbocycles. The molecule has 1 amide bonds. The van der Waals surface area contributed by atoms with Crippen LogP contribution in [0.5, 0.6) is 5.75 Å². The lowest BCUT2D eigenvalue weighted by Crippen LogP contribution is -2.15. The van der Waals surface area contributed by atoms with Crippen molar-refractivity contribution < 1.29 is 14.3 Å². The summed E-state index contributed by atoms with van der Waals surface area (Å²) in [4.78, 5) is 16.3. The number of amides is 1. The number of aryl methyl sites for hydroxylation is 1. The zero-order valence-corrected chi connectivity index (χ0v) is 16.0. The second-order valence-electron chi connectivity index (χ2n) is 7.15. The minimum atomic E-state index is -1.07. The minimum Gasteiger partial charge on any atom is -0.506 e. The fourth-order valence-corrected chi connectivity index (χ4v) is 3.80. The van der Waals surface area contributed by atoms with Crippen LogP contribution in [0.1, 0.15) is 12.0 Å². The summed E-state index contributed by atoms with van der Waals surface area (Å²) in [5.74, 6) is -0.660. The summed E-state index contributed by atoms with van der Waals surface area (Å²) < 4.78 is 14.9. The highest BCUT2D eigenvalue weighted by Crippen LogP contribution is 2.40. The van der Waals surface area contributed by atoms with E-state index in [-0.39, 0.29) is 23.1 Å². The number of rotatable bonds is 3. The van der Waals surface area contributed by atoms with E-state index in [1.54, 1.807) is 35.1 Å². The lowest BCUT2D eigenvalue weighted by atomic mass is 9.99. The molecule has 146 valence electrons. The number of fused-ring (bicyclic) bond motifs is 3. The zero-order valence-electron chi connectivity index (χ0n) is 15.2. The van der Waals surface area contributed by atoms with Gasteiger partial charge in [0, 0.05) is 28.8 Å². The second kappa shape index (κ2) is 6.38. The average molecular weight is 412 g/mol. The Morgan fingerprint density at radius 2 is 2.17 bits per heavy atom. The molecular weight excluding hydrogens is 397 g/mol. The number of carbonyl (C=O) groups is 1. The van der Waals surface area contributed by atoms with Crippen molar-refractivity contribution in [2.75, 3.05) is 5.32 Å². The van der Waals surface area contributed by atoms with Gasteiger partial charge in [0.2, 0.25) is 5.91 Å². The third kappa shape index (κ3) is 2.87. The fourth-order valence-electron chi connectivity index (χ4n) is 3.49. The van der Waals surface area contributed by atoms with Gasteiger partial charge in [0.15, 0.2) is 5.65 Å². The normalized spacial score (nSPS) is 18.3. The highest BCUT2D eigenvalue weighted by molar-refractivity contribution is 6.35. The van der Waals surface area contributed by atoms with Crippen molar-refractivity contribution in [3.8, 4) is 16.9 Å². The first-order valence-corrected chi connectivity index (χ1v) is 9.37. The van der Waals surface area contributed by atoms with Crippen LogP contribution in [0.4, 0.5) is 10.2 Å². The van der Waals surface area contributed by atoms with Crippen LogP contribution >= 0.6 is 11.6 Å². The summed E-state index contributed by atoms with van der Waals surface area (Å²) >= 11 is 6.38. The van der Waals surface area contributed by atoms with Crippen molar-refractivity contribution in [1.29, 1.82) is 0 Å². The molecule has 0 radical (unpaired) electrons. The lowest BCUT2D eigenvalue weighted by molar-refractivity contribution is -0.117. The summed E-state index contributed by atoms with van der Waals surface area (Å²) in [6, 6.07) is 6.88. The number of anilines is 1. The van der Waals surface area contributed by atoms with E-state index < -0.39 is 12.1 Å². The predicted octanol–water partition coefficient (Wildman–Crippen LogP) is 3.91. The van der Waals surface area contributed by atoms with Crippen LogP contribution in [-0.4, -0.2) is 36.8 Å². The molecule has 7 nitrogen and oxygen atoms in total. The van der Waals surface area contributed by atoms with Gasteiger partial charge >= 0.3 is 0 Å². The van der Waals surface area contributed by atoms with Crippen molar-refractivity contribution in [3.63, 3.8) is 0 Å². The number of alkyl halides is 1. The van der Waals surface area contributed by atoms with Gasteiger partial charge in [0.1, 0.15) is 24.1 Å². The van der Waals surface area contributed by atoms with Gasteiger partial charge in [-0.3, -0.25) is 9.20 Å². The third-order valence-corrected chi connectivity index (χ3v) is 5.54. The second-order valence-corrected chi connectivity index (χ2v) is 7.53. The van der Waals surface area contributed by atoms with Gasteiger partial charge in [-0.15, -0.1) is 10.2 Å². The number of aromatic nitrogens is 4. The minimum absolute atomic E-state index is 0.0209. The zero-order chi connectivity index (χ0) is 20.3. The van der Waals surface area contributed by atoms with Crippen LogP contribution in [-0.2, 0) is 4.79 Å². The quantitative estimate of drug-likeness (QED) is 0.533. The van der Waals surface area contributed by atoms with Crippen LogP contribution < -0.4 is 5.32 Å². The monoisotopic (exact) mass is 411 g/mol. The summed E-state index contributed by atoms with van der Waals surface area (Å²) in [5.41, 5.74) is 3.50. The standard InChI is InChI=1S/C20H15ClFN5O2/c1-9-2-3-15(28)18(21)17(9)12-4-10-7-23-16(25-20(29)11-5-13(11)22)6-14(10)27-8-24-26-19(12)27/h2-4,6-8,11,13,28H,5H2,1H3,(H,23,25,29)/t11-,13+/m0/s1. The maximum absolute atomic E-state index is 13.1. The molecule has 0 saturated heterocycles. The SMILES string of the molecule is Cc1ccc(O)c(Cl)c1-c1cc2cnc(NC(=O)[C@H]3C[C@H]3F)cc2n2cnnc12. The van der Waals surface area contributed by atoms with Crippen molar-refractivity contribution in [2.45, 2.75) is 19.5 Å². The number of nitrogens with one attached hydrogen (secondary N) is 1. The number of hydrogen-bond acceptors (Lipinski definition) is 5. The van der Waals surface area contributed by atoms with Crippen molar-refractivity contribution in [2.24, 2.45) is 5.92 Å². The Balaban J connectivity index is 1.67. The average Bonchev–Trinajstić information content (AvgIpc) is 3.23. The van der Waals surface area contributed by atoms with Gasteiger partial charge in [0.05, 0.1) is 16.5 Å². The molecule has 0 bridgehead atoms. The van der Waals surface area contributed by atoms with Gasteiger partial charge in [-0.1, -0.05) is 17.7 Å². The molecule has 0 unspecified atom stereocenters. The molecule has 9 heteroatoms. The maximum Gasteiger partial charge on any atom is 0.231 e. The summed E-state index contributed by atoms with van der Waals surface area (Å²) in [5, 5.41) is 21.9. The number of pyridine rings is 2. The number of hydrogen-bond donors (Lipinski definition) is 2. The number of carbonyl (C=O) groups excluding carboxylic acids is 1. The van der Waals surface area contributed by atoms with E-state index in [0.717, 1.165) is 16.5 Å². The van der Waals surface area contributed by atoms with E-state index in [2.05, 4.69) is 20.5 Å². The Bertz CT molecular complexity index is 1310. The molecule has 3 heterocycles. The molecule has 0 spiro atoms. The largest absolute Gasteiger partial charge is 0.506 e. The highest BCUT2D eigenvalue weighted by Gasteiger charge is 2.43. The van der Waals surface area contributed by atoms with Crippen molar-refractivity contribution in [3.05, 3.63) is 47.4 Å². The number of nitrogens with zero attached hydrogens (tertiary/aromatic N) is 4. The summed E-state index contributed by atoms with van der Waals surface area (Å²) in [7, 11) is 0. The topological polar surface area (TPSA) is 92.4 Å². The van der Waals surface area contributed by atoms with Gasteiger partial charge in [-0.25, -0.2) is 9.37 Å². The first-order chi connectivity index (χ1) is 13.9. The van der Waals surface area contributed by atoms with Crippen molar-refractivity contribution in [1.82, 2.24) is 19.6 Å². The van der Waals surface area contributed by atoms with E-state index in [1.165, 1.54) is 0 Å². The van der Waals surface area contributed by atoms with Crippen molar-refractivity contribution >= 4 is 39.9 Å². The van der Waals surface area contributed by atoms with Crippen LogP contribution in [0, 0.1) is 12.8 Å². The van der Waals surface area contributed by atoms with E-state index in [9.17, 15) is 14.3 Å². The van der Waals surface area contributed by atoms with Crippen LogP contribution in [0.15, 0.2) is 36.8 Å². The van der Waals surface area contributed by atoms with E-state index in [4.69, 9.17) is 11.6 Å². The first kappa shape index (κ1) is 17.8. The lowest BCUT2D eigenvalue weighted by Gasteiger charge is -2.13. The Labute approximate surface area is 169 Å². The Kier molecular flexibility index (Phi) is 3.92. The van der Waals surface area contributed by atoms with Crippen LogP contribution in [0.25, 0.3) is 27.7 Å². The molecule has 1 aliphatic carbocycles. The van der Waals surface area contributed by atoms with Crippen LogP contribution in [0.3, 0.4) is 0 Å². The molecule has 1 aliphatic rings. The van der Waals surface area contributed by atoms with Gasteiger partial charge in [0.25, 0.3) is 0 Å². The summed E-state index contributed by atoms with van der Waals surface area (Å²) in [6.45, 7) is 1.89. The number of phenols is 1. The highest BCUT2D eigenvalue weighted by atomic mass is 35.5. The molecule has 1 saturated carbocycles. The molecule has 2 atom stereocenters. The van der Waals surface area contributed by atoms with E-state index >= 15 is 0 Å². The Morgan fingerprint density at radius 1 is 1.38 bits per heavy atom. The van der Waals surface area contributed by atoms with Crippen LogP contribution in [0.2, 0.25) is 5.02 Å². The molecule has 2 N–H and O–H groups in total. The predicted molar refractivity (Wildman–Crippen MR) is 107 cm³/mol. The number of aromatic hydroxyl groups is 1. The van der Waals surface area contributed by atoms with Gasteiger partial charge in [-0.05, 0) is 31.0 Å². The van der Waals surface area contributed by atoms with Gasteiger partial charge in [-0.2, -0.15) is 0 Å². The molecule has 1 fully saturated rings. The number of benzene rings is 1. The fraction of sp³-hybridized carbons (Fsp3) is 0.200. The maximum atomic E-state index is 13.1. The smallest absolute Gasteiger partial charge is 0.231 e. The molecule has 3 aromatic heterocycles. The molecule has 5 rings (SSSR count). The number of phenolic OH excluding ortho intramolecular Hbond substituents is 1. The third-order valence-electron chi connectivity index (χ3n) is 5.16. The molecule has 4 aromatic rings. The molecular formula is C20H15ClFN5O2. The van der Waals surface area contributed by atoms with E-state index in [1.807, 2.05) is 13.0 Å².